The molecule has 0 unspecified atom stereocenters. The smallest absolute Gasteiger partial charge is 0.248 e. The standard InChI is InChI=1S/C25H31N3O5/c29-20-8-6-16(17-7-9-22(31)27-23(17)20)21(30)12-26-15-10-18-19(11-15)25(33)28(24(18)32)13-14-4-2-1-3-5-14/h6-9,14-15,18-19,21,26,29-30H,1-5,10-13H2,(H,27,31)/t15-,18-,19+,21-/m0/s1. The lowest BCUT2D eigenvalue weighted by molar-refractivity contribution is -0.141. The van der Waals surface area contributed by atoms with Crippen molar-refractivity contribution in [1.29, 1.82) is 0 Å². The predicted molar refractivity (Wildman–Crippen MR) is 122 cm³/mol. The summed E-state index contributed by atoms with van der Waals surface area (Å²) < 4.78 is 0. The number of pyridine rings is 1. The summed E-state index contributed by atoms with van der Waals surface area (Å²) in [5.41, 5.74) is 0.561. The third-order valence-electron chi connectivity index (χ3n) is 7.76. The fraction of sp³-hybridized carbons (Fsp3) is 0.560. The van der Waals surface area contributed by atoms with Gasteiger partial charge in [-0.3, -0.25) is 19.3 Å². The normalized spacial score (nSPS) is 26.8. The second-order valence-electron chi connectivity index (χ2n) is 9.88. The molecule has 8 heteroatoms. The molecule has 8 nitrogen and oxygen atoms in total. The number of hydrogen-bond acceptors (Lipinski definition) is 6. The molecule has 0 bridgehead atoms. The van der Waals surface area contributed by atoms with E-state index in [-0.39, 0.29) is 47.5 Å². The number of fused-ring (bicyclic) bond motifs is 2. The molecule has 1 aromatic carbocycles. The minimum Gasteiger partial charge on any atom is -0.506 e. The van der Waals surface area contributed by atoms with E-state index in [1.807, 2.05) is 0 Å². The summed E-state index contributed by atoms with van der Waals surface area (Å²) in [7, 11) is 0. The molecule has 33 heavy (non-hydrogen) atoms. The van der Waals surface area contributed by atoms with Crippen LogP contribution in [0.5, 0.6) is 5.75 Å². The molecular weight excluding hydrogens is 422 g/mol. The van der Waals surface area contributed by atoms with Crippen LogP contribution in [0.3, 0.4) is 0 Å². The Morgan fingerprint density at radius 1 is 1.00 bits per heavy atom. The molecule has 176 valence electrons. The van der Waals surface area contributed by atoms with Gasteiger partial charge in [-0.15, -0.1) is 0 Å². The lowest BCUT2D eigenvalue weighted by atomic mass is 9.89. The number of rotatable bonds is 6. The number of aliphatic hydroxyl groups is 1. The van der Waals surface area contributed by atoms with Gasteiger partial charge in [0.25, 0.3) is 0 Å². The highest BCUT2D eigenvalue weighted by atomic mass is 16.3. The van der Waals surface area contributed by atoms with Crippen LogP contribution in [0, 0.1) is 17.8 Å². The van der Waals surface area contributed by atoms with Crippen molar-refractivity contribution >= 4 is 22.7 Å². The van der Waals surface area contributed by atoms with E-state index in [0.717, 1.165) is 12.8 Å². The van der Waals surface area contributed by atoms with Crippen molar-refractivity contribution in [3.05, 3.63) is 40.2 Å². The average Bonchev–Trinajstić information content (AvgIpc) is 3.33. The molecule has 4 N–H and O–H groups in total. The van der Waals surface area contributed by atoms with Crippen LogP contribution in [0.2, 0.25) is 0 Å². The Labute approximate surface area is 192 Å². The highest BCUT2D eigenvalue weighted by Gasteiger charge is 2.52. The minimum absolute atomic E-state index is 0.0115. The maximum atomic E-state index is 13.0. The molecular formula is C25H31N3O5. The van der Waals surface area contributed by atoms with Gasteiger partial charge in [-0.25, -0.2) is 0 Å². The summed E-state index contributed by atoms with van der Waals surface area (Å²) >= 11 is 0. The Hall–Kier alpha value is -2.71. The maximum absolute atomic E-state index is 13.0. The number of H-pyrrole nitrogens is 1. The molecule has 2 saturated carbocycles. The maximum Gasteiger partial charge on any atom is 0.248 e. The number of nitrogens with one attached hydrogen (secondary N) is 2. The second kappa shape index (κ2) is 8.91. The number of aromatic hydroxyl groups is 1. The van der Waals surface area contributed by atoms with Gasteiger partial charge in [0.1, 0.15) is 5.75 Å². The Bertz CT molecular complexity index is 1100. The van der Waals surface area contributed by atoms with E-state index in [1.54, 1.807) is 12.1 Å². The minimum atomic E-state index is -0.867. The van der Waals surface area contributed by atoms with E-state index in [2.05, 4.69) is 10.3 Å². The first-order valence-corrected chi connectivity index (χ1v) is 12.0. The molecule has 5 rings (SSSR count). The Morgan fingerprint density at radius 2 is 1.70 bits per heavy atom. The van der Waals surface area contributed by atoms with Crippen LogP contribution in [0.25, 0.3) is 10.9 Å². The molecule has 2 aromatic rings. The Morgan fingerprint density at radius 3 is 2.39 bits per heavy atom. The number of phenols is 1. The number of hydrogen-bond donors (Lipinski definition) is 4. The van der Waals surface area contributed by atoms with Crippen LogP contribution < -0.4 is 10.9 Å². The number of phenolic OH excluding ortho intramolecular Hbond substituents is 1. The summed E-state index contributed by atoms with van der Waals surface area (Å²) in [6.45, 7) is 0.828. The van der Waals surface area contributed by atoms with Gasteiger partial charge >= 0.3 is 0 Å². The fourth-order valence-electron chi connectivity index (χ4n) is 6.00. The van der Waals surface area contributed by atoms with Gasteiger partial charge in [-0.05, 0) is 49.3 Å². The predicted octanol–water partition coefficient (Wildman–Crippen LogP) is 2.20. The van der Waals surface area contributed by atoms with Crippen LogP contribution in [-0.2, 0) is 9.59 Å². The SMILES string of the molecule is O=C1[C@H]2C[C@H](NC[C@H](O)c3ccc(O)c4[nH]c(=O)ccc34)C[C@H]2C(=O)N1CC1CCCCC1. The van der Waals surface area contributed by atoms with Crippen LogP contribution in [0.4, 0.5) is 0 Å². The van der Waals surface area contributed by atoms with Crippen molar-refractivity contribution in [3.8, 4) is 5.75 Å². The summed E-state index contributed by atoms with van der Waals surface area (Å²) in [5, 5.41) is 24.7. The quantitative estimate of drug-likeness (QED) is 0.498. The van der Waals surface area contributed by atoms with Crippen molar-refractivity contribution < 1.29 is 19.8 Å². The summed E-state index contributed by atoms with van der Waals surface area (Å²) in [5.74, 6) is -0.150. The van der Waals surface area contributed by atoms with Gasteiger partial charge in [0.05, 0.1) is 23.5 Å². The van der Waals surface area contributed by atoms with Crippen LogP contribution >= 0.6 is 0 Å². The van der Waals surface area contributed by atoms with Gasteiger partial charge in [-0.1, -0.05) is 25.3 Å². The summed E-state index contributed by atoms with van der Waals surface area (Å²) in [6.07, 6.45) is 6.18. The van der Waals surface area contributed by atoms with Crippen molar-refractivity contribution in [1.82, 2.24) is 15.2 Å². The van der Waals surface area contributed by atoms with Gasteiger partial charge < -0.3 is 20.5 Å². The van der Waals surface area contributed by atoms with E-state index in [0.29, 0.717) is 41.8 Å². The van der Waals surface area contributed by atoms with Gasteiger partial charge in [0, 0.05) is 30.6 Å². The fourth-order valence-corrected chi connectivity index (χ4v) is 6.00. The third-order valence-corrected chi connectivity index (χ3v) is 7.76. The van der Waals surface area contributed by atoms with Crippen LogP contribution in [0.15, 0.2) is 29.1 Å². The second-order valence-corrected chi connectivity index (χ2v) is 9.88. The van der Waals surface area contributed by atoms with E-state index < -0.39 is 6.10 Å². The number of imide groups is 1. The third kappa shape index (κ3) is 4.17. The van der Waals surface area contributed by atoms with Crippen molar-refractivity contribution in [2.24, 2.45) is 17.8 Å². The first-order valence-electron chi connectivity index (χ1n) is 12.0. The van der Waals surface area contributed by atoms with E-state index >= 15 is 0 Å². The molecule has 1 saturated heterocycles. The zero-order valence-electron chi connectivity index (χ0n) is 18.6. The lowest BCUT2D eigenvalue weighted by Gasteiger charge is -2.27. The van der Waals surface area contributed by atoms with E-state index in [1.165, 1.54) is 36.3 Å². The molecule has 2 heterocycles. The zero-order chi connectivity index (χ0) is 23.1. The molecule has 1 aliphatic heterocycles. The van der Waals surface area contributed by atoms with E-state index in [9.17, 15) is 24.6 Å². The molecule has 0 radical (unpaired) electrons. The number of aromatic nitrogens is 1. The molecule has 3 fully saturated rings. The first kappa shape index (κ1) is 22.1. The number of likely N-dealkylation sites (tertiary alicyclic amines) is 1. The average molecular weight is 454 g/mol. The highest BCUT2D eigenvalue weighted by Crippen LogP contribution is 2.41. The number of carbonyl (C=O) groups is 2. The van der Waals surface area contributed by atoms with Gasteiger partial charge in [-0.2, -0.15) is 0 Å². The van der Waals surface area contributed by atoms with Crippen molar-refractivity contribution in [2.45, 2.75) is 57.1 Å². The van der Waals surface area contributed by atoms with Crippen LogP contribution in [0.1, 0.15) is 56.6 Å². The van der Waals surface area contributed by atoms with Gasteiger partial charge in [0.15, 0.2) is 0 Å². The molecule has 2 aliphatic carbocycles. The van der Waals surface area contributed by atoms with Crippen LogP contribution in [-0.4, -0.2) is 51.0 Å². The molecule has 2 amide bonds. The lowest BCUT2D eigenvalue weighted by Crippen LogP contribution is -2.39. The number of aliphatic hydroxyl groups excluding tert-OH is 1. The van der Waals surface area contributed by atoms with Crippen molar-refractivity contribution in [2.75, 3.05) is 13.1 Å². The molecule has 0 spiro atoms. The monoisotopic (exact) mass is 453 g/mol. The Balaban J connectivity index is 1.20. The number of amides is 2. The first-order chi connectivity index (χ1) is 15.9. The summed E-state index contributed by atoms with van der Waals surface area (Å²) in [6, 6.07) is 6.03. The van der Waals surface area contributed by atoms with Gasteiger partial charge in [0.2, 0.25) is 17.4 Å². The number of carbonyl (C=O) groups excluding carboxylic acids is 2. The topological polar surface area (TPSA) is 123 Å². The number of aromatic amines is 1. The zero-order valence-corrected chi connectivity index (χ0v) is 18.6. The van der Waals surface area contributed by atoms with Crippen molar-refractivity contribution in [3.63, 3.8) is 0 Å². The number of nitrogens with zero attached hydrogens (tertiary/aromatic N) is 1. The summed E-state index contributed by atoms with van der Waals surface area (Å²) in [4.78, 5) is 41.6. The highest BCUT2D eigenvalue weighted by molar-refractivity contribution is 6.05. The Kier molecular flexibility index (Phi) is 5.97. The molecule has 3 aliphatic rings. The molecule has 1 aromatic heterocycles. The van der Waals surface area contributed by atoms with E-state index in [4.69, 9.17) is 0 Å². The molecule has 4 atom stereocenters. The number of benzene rings is 1. The largest absolute Gasteiger partial charge is 0.506 e.